The molecule has 1 amide bonds. The van der Waals surface area contributed by atoms with Crippen molar-refractivity contribution in [2.45, 2.75) is 32.1 Å². The van der Waals surface area contributed by atoms with Gasteiger partial charge in [-0.15, -0.1) is 0 Å². The van der Waals surface area contributed by atoms with Gasteiger partial charge in [0.15, 0.2) is 0 Å². The molecule has 1 aromatic carbocycles. The SMILES string of the molecule is CC1(C)CC1(CNC(=O)Cc1ccncc1)c1ccc(F)cc1F. The minimum absolute atomic E-state index is 0.120. The topological polar surface area (TPSA) is 42.0 Å². The van der Waals surface area contributed by atoms with Crippen LogP contribution in [0.25, 0.3) is 0 Å². The van der Waals surface area contributed by atoms with E-state index in [1.165, 1.54) is 12.1 Å². The lowest BCUT2D eigenvalue weighted by Crippen LogP contribution is -2.36. The molecule has 1 N–H and O–H groups in total. The van der Waals surface area contributed by atoms with E-state index >= 15 is 0 Å². The number of nitrogens with one attached hydrogen (secondary N) is 1. The number of nitrogens with zero attached hydrogens (tertiary/aromatic N) is 1. The Hall–Kier alpha value is -2.30. The van der Waals surface area contributed by atoms with Crippen molar-refractivity contribution in [2.75, 3.05) is 6.54 Å². The second kappa shape index (κ2) is 5.96. The molecule has 1 heterocycles. The van der Waals surface area contributed by atoms with Crippen LogP contribution in [0.1, 0.15) is 31.4 Å². The number of amides is 1. The summed E-state index contributed by atoms with van der Waals surface area (Å²) in [5.41, 5.74) is 0.714. The zero-order chi connectivity index (χ0) is 17.4. The van der Waals surface area contributed by atoms with Crippen molar-refractivity contribution in [1.29, 1.82) is 0 Å². The molecule has 0 spiro atoms. The minimum Gasteiger partial charge on any atom is -0.355 e. The summed E-state index contributed by atoms with van der Waals surface area (Å²) in [7, 11) is 0. The Balaban J connectivity index is 1.72. The summed E-state index contributed by atoms with van der Waals surface area (Å²) in [6.07, 6.45) is 4.28. The summed E-state index contributed by atoms with van der Waals surface area (Å²) >= 11 is 0. The van der Waals surface area contributed by atoms with Crippen LogP contribution >= 0.6 is 0 Å². The van der Waals surface area contributed by atoms with Crippen LogP contribution in [-0.2, 0) is 16.6 Å². The Morgan fingerprint density at radius 2 is 1.88 bits per heavy atom. The van der Waals surface area contributed by atoms with E-state index in [2.05, 4.69) is 10.3 Å². The van der Waals surface area contributed by atoms with E-state index in [-0.39, 0.29) is 17.7 Å². The molecule has 0 saturated heterocycles. The van der Waals surface area contributed by atoms with Crippen LogP contribution in [-0.4, -0.2) is 17.4 Å². The van der Waals surface area contributed by atoms with Gasteiger partial charge in [-0.2, -0.15) is 0 Å². The lowest BCUT2D eigenvalue weighted by atomic mass is 9.87. The van der Waals surface area contributed by atoms with Crippen molar-refractivity contribution in [3.05, 3.63) is 65.5 Å². The largest absolute Gasteiger partial charge is 0.355 e. The van der Waals surface area contributed by atoms with E-state index < -0.39 is 17.0 Å². The molecule has 0 aliphatic heterocycles. The van der Waals surface area contributed by atoms with E-state index in [0.29, 0.717) is 12.1 Å². The maximum absolute atomic E-state index is 14.2. The second-order valence-electron chi connectivity index (χ2n) is 7.08. The Labute approximate surface area is 140 Å². The van der Waals surface area contributed by atoms with E-state index in [1.54, 1.807) is 24.5 Å². The Morgan fingerprint density at radius 1 is 1.21 bits per heavy atom. The summed E-state index contributed by atoms with van der Waals surface area (Å²) in [6, 6.07) is 7.25. The molecule has 24 heavy (non-hydrogen) atoms. The van der Waals surface area contributed by atoms with Crippen LogP contribution in [0.3, 0.4) is 0 Å². The van der Waals surface area contributed by atoms with Crippen molar-refractivity contribution < 1.29 is 13.6 Å². The zero-order valence-electron chi connectivity index (χ0n) is 13.8. The Bertz CT molecular complexity index is 761. The van der Waals surface area contributed by atoms with Gasteiger partial charge in [0, 0.05) is 30.4 Å². The molecule has 1 fully saturated rings. The third-order valence-corrected chi connectivity index (χ3v) is 5.06. The predicted molar refractivity (Wildman–Crippen MR) is 87.4 cm³/mol. The van der Waals surface area contributed by atoms with E-state index in [4.69, 9.17) is 0 Å². The number of benzene rings is 1. The average Bonchev–Trinajstić information content (AvgIpc) is 3.08. The van der Waals surface area contributed by atoms with Crippen LogP contribution in [0.4, 0.5) is 8.78 Å². The molecule has 126 valence electrons. The van der Waals surface area contributed by atoms with Gasteiger partial charge in [-0.3, -0.25) is 9.78 Å². The number of hydrogen-bond donors (Lipinski definition) is 1. The molecule has 0 radical (unpaired) electrons. The summed E-state index contributed by atoms with van der Waals surface area (Å²) in [4.78, 5) is 16.1. The first-order valence-corrected chi connectivity index (χ1v) is 7.95. The Morgan fingerprint density at radius 3 is 2.46 bits per heavy atom. The smallest absolute Gasteiger partial charge is 0.224 e. The van der Waals surface area contributed by atoms with Gasteiger partial charge in [0.2, 0.25) is 5.91 Å². The lowest BCUT2D eigenvalue weighted by Gasteiger charge is -2.22. The number of rotatable bonds is 5. The van der Waals surface area contributed by atoms with Gasteiger partial charge in [-0.05, 0) is 41.2 Å². The molecule has 1 aliphatic carbocycles. The molecule has 1 aromatic heterocycles. The van der Waals surface area contributed by atoms with Crippen molar-refractivity contribution >= 4 is 5.91 Å². The highest BCUT2D eigenvalue weighted by Gasteiger charge is 2.62. The first kappa shape index (κ1) is 16.6. The zero-order valence-corrected chi connectivity index (χ0v) is 13.8. The van der Waals surface area contributed by atoms with Gasteiger partial charge < -0.3 is 5.32 Å². The number of aromatic nitrogens is 1. The molecule has 1 unspecified atom stereocenters. The number of carbonyl (C=O) groups is 1. The highest BCUT2D eigenvalue weighted by molar-refractivity contribution is 5.78. The predicted octanol–water partition coefficient (Wildman–Crippen LogP) is 3.39. The van der Waals surface area contributed by atoms with Gasteiger partial charge in [0.25, 0.3) is 0 Å². The summed E-state index contributed by atoms with van der Waals surface area (Å²) in [5, 5.41) is 2.91. The fourth-order valence-corrected chi connectivity index (χ4v) is 3.44. The van der Waals surface area contributed by atoms with Gasteiger partial charge >= 0.3 is 0 Å². The molecule has 1 aliphatic rings. The van der Waals surface area contributed by atoms with Gasteiger partial charge in [-0.25, -0.2) is 8.78 Å². The highest BCUT2D eigenvalue weighted by Crippen LogP contribution is 2.64. The molecule has 0 bridgehead atoms. The number of pyridine rings is 1. The third-order valence-electron chi connectivity index (χ3n) is 5.06. The molecule has 3 nitrogen and oxygen atoms in total. The molecular weight excluding hydrogens is 310 g/mol. The van der Waals surface area contributed by atoms with E-state index in [1.807, 2.05) is 13.8 Å². The van der Waals surface area contributed by atoms with Crippen molar-refractivity contribution in [3.8, 4) is 0 Å². The van der Waals surface area contributed by atoms with Crippen molar-refractivity contribution in [1.82, 2.24) is 10.3 Å². The third kappa shape index (κ3) is 3.03. The standard InChI is InChI=1S/C19H20F2N2O/c1-18(2)11-19(18,15-4-3-14(20)10-16(15)21)12-23-17(24)9-13-5-7-22-8-6-13/h3-8,10H,9,11-12H2,1-2H3,(H,23,24). The fourth-order valence-electron chi connectivity index (χ4n) is 3.44. The van der Waals surface area contributed by atoms with Crippen LogP contribution < -0.4 is 5.32 Å². The average molecular weight is 330 g/mol. The molecule has 5 heteroatoms. The van der Waals surface area contributed by atoms with Gasteiger partial charge in [0.05, 0.1) is 6.42 Å². The maximum atomic E-state index is 14.2. The normalized spacial score (nSPS) is 21.3. The molecule has 2 aromatic rings. The quantitative estimate of drug-likeness (QED) is 0.913. The Kier molecular flexibility index (Phi) is 4.11. The van der Waals surface area contributed by atoms with Crippen LogP contribution in [0.15, 0.2) is 42.7 Å². The lowest BCUT2D eigenvalue weighted by molar-refractivity contribution is -0.120. The second-order valence-corrected chi connectivity index (χ2v) is 7.08. The summed E-state index contributed by atoms with van der Waals surface area (Å²) in [6.45, 7) is 4.40. The first-order chi connectivity index (χ1) is 11.3. The first-order valence-electron chi connectivity index (χ1n) is 7.95. The number of halogens is 2. The minimum atomic E-state index is -0.591. The summed E-state index contributed by atoms with van der Waals surface area (Å²) < 4.78 is 27.4. The van der Waals surface area contributed by atoms with E-state index in [9.17, 15) is 13.6 Å². The van der Waals surface area contributed by atoms with E-state index in [0.717, 1.165) is 18.1 Å². The molecular formula is C19H20F2N2O. The molecule has 1 atom stereocenters. The molecule has 1 saturated carbocycles. The number of hydrogen-bond acceptors (Lipinski definition) is 2. The van der Waals surface area contributed by atoms with Crippen molar-refractivity contribution in [3.63, 3.8) is 0 Å². The van der Waals surface area contributed by atoms with Crippen molar-refractivity contribution in [2.24, 2.45) is 5.41 Å². The van der Waals surface area contributed by atoms with Crippen LogP contribution in [0.2, 0.25) is 0 Å². The van der Waals surface area contributed by atoms with Gasteiger partial charge in [0.1, 0.15) is 11.6 Å². The number of carbonyl (C=O) groups excluding carboxylic acids is 1. The molecule has 3 rings (SSSR count). The van der Waals surface area contributed by atoms with Crippen LogP contribution in [0.5, 0.6) is 0 Å². The highest BCUT2D eigenvalue weighted by atomic mass is 19.1. The maximum Gasteiger partial charge on any atom is 0.224 e. The van der Waals surface area contributed by atoms with Crippen LogP contribution in [0, 0.1) is 17.0 Å². The summed E-state index contributed by atoms with van der Waals surface area (Å²) in [5.74, 6) is -1.26. The fraction of sp³-hybridized carbons (Fsp3) is 0.368. The van der Waals surface area contributed by atoms with Gasteiger partial charge in [-0.1, -0.05) is 19.9 Å². The monoisotopic (exact) mass is 330 g/mol.